The molecule has 30 heavy (non-hydrogen) atoms. The highest BCUT2D eigenvalue weighted by Gasteiger charge is 2.31. The number of thiophene rings is 1. The van der Waals surface area contributed by atoms with Gasteiger partial charge in [-0.25, -0.2) is 4.98 Å². The lowest BCUT2D eigenvalue weighted by Gasteiger charge is -2.33. The third-order valence-electron chi connectivity index (χ3n) is 5.91. The average molecular weight is 444 g/mol. The molecule has 0 aliphatic heterocycles. The van der Waals surface area contributed by atoms with E-state index in [4.69, 9.17) is 11.6 Å². The summed E-state index contributed by atoms with van der Waals surface area (Å²) in [5, 5.41) is 4.20. The Morgan fingerprint density at radius 3 is 2.73 bits per heavy atom. The van der Waals surface area contributed by atoms with Crippen molar-refractivity contribution in [2.24, 2.45) is 11.3 Å². The van der Waals surface area contributed by atoms with Gasteiger partial charge in [0.1, 0.15) is 10.7 Å². The molecule has 2 aromatic heterocycles. The summed E-state index contributed by atoms with van der Waals surface area (Å²) in [4.78, 5) is 34.7. The Balaban J connectivity index is 1.49. The largest absolute Gasteiger partial charge is 0.326 e. The number of anilines is 1. The summed E-state index contributed by atoms with van der Waals surface area (Å²) in [6.07, 6.45) is 3.68. The van der Waals surface area contributed by atoms with Crippen molar-refractivity contribution >= 4 is 44.7 Å². The van der Waals surface area contributed by atoms with Crippen LogP contribution >= 0.6 is 22.9 Å². The van der Waals surface area contributed by atoms with E-state index in [-0.39, 0.29) is 23.3 Å². The molecule has 7 heteroatoms. The molecule has 2 N–H and O–H groups in total. The Labute approximate surface area is 184 Å². The number of nitrogens with one attached hydrogen (secondary N) is 2. The third kappa shape index (κ3) is 4.44. The van der Waals surface area contributed by atoms with Crippen LogP contribution in [0.15, 0.2) is 29.1 Å². The van der Waals surface area contributed by atoms with Gasteiger partial charge >= 0.3 is 0 Å². The molecule has 1 aliphatic rings. The maximum absolute atomic E-state index is 12.8. The van der Waals surface area contributed by atoms with E-state index in [9.17, 15) is 9.59 Å². The van der Waals surface area contributed by atoms with Crippen molar-refractivity contribution in [1.82, 2.24) is 9.97 Å². The predicted molar refractivity (Wildman–Crippen MR) is 124 cm³/mol. The lowest BCUT2D eigenvalue weighted by molar-refractivity contribution is -0.116. The molecule has 0 fully saturated rings. The van der Waals surface area contributed by atoms with Gasteiger partial charge < -0.3 is 10.3 Å². The van der Waals surface area contributed by atoms with Crippen molar-refractivity contribution in [1.29, 1.82) is 0 Å². The molecule has 158 valence electrons. The SMILES string of the molecule is CC(C)(C)[C@@H]1CCc2c(sc3nc(CCC(=O)Nc4ccc(Cl)cc4)[nH]c(=O)c23)C1. The molecule has 4 rings (SSSR count). The molecule has 1 aliphatic carbocycles. The minimum atomic E-state index is -0.126. The van der Waals surface area contributed by atoms with E-state index in [1.807, 2.05) is 0 Å². The van der Waals surface area contributed by atoms with Crippen LogP contribution in [0.25, 0.3) is 10.2 Å². The number of carbonyl (C=O) groups excluding carboxylic acids is 1. The predicted octanol–water partition coefficient (Wildman–Crippen LogP) is 5.36. The molecule has 0 saturated carbocycles. The molecule has 0 spiro atoms. The highest BCUT2D eigenvalue weighted by atomic mass is 35.5. The van der Waals surface area contributed by atoms with Crippen LogP contribution in [0.1, 0.15) is 49.9 Å². The molecule has 3 aromatic rings. The lowest BCUT2D eigenvalue weighted by atomic mass is 9.72. The Bertz CT molecular complexity index is 1140. The van der Waals surface area contributed by atoms with Crippen LogP contribution in [0.5, 0.6) is 0 Å². The number of rotatable bonds is 4. The van der Waals surface area contributed by atoms with Crippen molar-refractivity contribution in [3.63, 3.8) is 0 Å². The van der Waals surface area contributed by atoms with Gasteiger partial charge in [0.25, 0.3) is 5.56 Å². The fraction of sp³-hybridized carbons (Fsp3) is 0.435. The highest BCUT2D eigenvalue weighted by Crippen LogP contribution is 2.41. The smallest absolute Gasteiger partial charge is 0.259 e. The summed E-state index contributed by atoms with van der Waals surface area (Å²) in [7, 11) is 0. The zero-order valence-electron chi connectivity index (χ0n) is 17.5. The molecule has 0 unspecified atom stereocenters. The Morgan fingerprint density at radius 1 is 1.30 bits per heavy atom. The van der Waals surface area contributed by atoms with Gasteiger partial charge in [-0.2, -0.15) is 0 Å². The quantitative estimate of drug-likeness (QED) is 0.569. The summed E-state index contributed by atoms with van der Waals surface area (Å²) < 4.78 is 0. The number of aromatic amines is 1. The summed E-state index contributed by atoms with van der Waals surface area (Å²) in [5.41, 5.74) is 2.05. The van der Waals surface area contributed by atoms with Gasteiger partial charge in [-0.15, -0.1) is 11.3 Å². The monoisotopic (exact) mass is 443 g/mol. The van der Waals surface area contributed by atoms with E-state index >= 15 is 0 Å². The number of aryl methyl sites for hydroxylation is 2. The van der Waals surface area contributed by atoms with Crippen LogP contribution < -0.4 is 10.9 Å². The van der Waals surface area contributed by atoms with Gasteiger partial charge in [0.15, 0.2) is 0 Å². The van der Waals surface area contributed by atoms with Crippen LogP contribution in [0.3, 0.4) is 0 Å². The fourth-order valence-corrected chi connectivity index (χ4v) is 5.52. The first kappa shape index (κ1) is 21.1. The molecular formula is C23H26ClN3O2S. The molecule has 0 radical (unpaired) electrons. The van der Waals surface area contributed by atoms with E-state index in [1.165, 1.54) is 10.4 Å². The molecule has 5 nitrogen and oxygen atoms in total. The molecule has 0 bridgehead atoms. The van der Waals surface area contributed by atoms with Crippen molar-refractivity contribution in [3.05, 3.63) is 55.9 Å². The minimum absolute atomic E-state index is 0.0835. The van der Waals surface area contributed by atoms with E-state index in [1.54, 1.807) is 35.6 Å². The minimum Gasteiger partial charge on any atom is -0.326 e. The number of aromatic nitrogens is 2. The standard InChI is InChI=1S/C23H26ClN3O2S/c1-23(2,3)13-4-9-16-17(12-13)30-22-20(16)21(29)26-18(27-22)10-11-19(28)25-15-7-5-14(24)6-8-15/h5-8,13H,4,9-12H2,1-3H3,(H,25,28)(H,26,27,29)/t13-/m1/s1. The first-order valence-electron chi connectivity index (χ1n) is 10.3. The van der Waals surface area contributed by atoms with Gasteiger partial charge in [-0.1, -0.05) is 32.4 Å². The number of H-pyrrole nitrogens is 1. The fourth-order valence-electron chi connectivity index (χ4n) is 4.07. The number of halogens is 1. The average Bonchev–Trinajstić information content (AvgIpc) is 3.05. The number of amides is 1. The Kier molecular flexibility index (Phi) is 5.73. The summed E-state index contributed by atoms with van der Waals surface area (Å²) in [6, 6.07) is 6.97. The third-order valence-corrected chi connectivity index (χ3v) is 7.31. The Morgan fingerprint density at radius 2 is 2.03 bits per heavy atom. The van der Waals surface area contributed by atoms with Crippen LogP contribution in [0.2, 0.25) is 5.02 Å². The van der Waals surface area contributed by atoms with Gasteiger partial charge in [-0.3, -0.25) is 9.59 Å². The number of benzene rings is 1. The van der Waals surface area contributed by atoms with Crippen molar-refractivity contribution in [2.75, 3.05) is 5.32 Å². The van der Waals surface area contributed by atoms with Gasteiger partial charge in [0.2, 0.25) is 5.91 Å². The first-order chi connectivity index (χ1) is 14.2. The van der Waals surface area contributed by atoms with Crippen LogP contribution in [-0.4, -0.2) is 15.9 Å². The lowest BCUT2D eigenvalue weighted by Crippen LogP contribution is -2.26. The molecule has 2 heterocycles. The van der Waals surface area contributed by atoms with E-state index < -0.39 is 0 Å². The van der Waals surface area contributed by atoms with Crippen LogP contribution in [0.4, 0.5) is 5.69 Å². The van der Waals surface area contributed by atoms with Gasteiger partial charge in [0.05, 0.1) is 5.39 Å². The van der Waals surface area contributed by atoms with Crippen LogP contribution in [0, 0.1) is 11.3 Å². The van der Waals surface area contributed by atoms with Crippen LogP contribution in [-0.2, 0) is 24.1 Å². The molecular weight excluding hydrogens is 418 g/mol. The maximum Gasteiger partial charge on any atom is 0.259 e. The number of fused-ring (bicyclic) bond motifs is 3. The van der Waals surface area contributed by atoms with E-state index in [0.29, 0.717) is 28.9 Å². The van der Waals surface area contributed by atoms with Crippen molar-refractivity contribution < 1.29 is 4.79 Å². The normalized spacial score (nSPS) is 16.5. The topological polar surface area (TPSA) is 74.8 Å². The second kappa shape index (κ2) is 8.16. The summed E-state index contributed by atoms with van der Waals surface area (Å²) in [6.45, 7) is 6.86. The molecule has 1 aromatic carbocycles. The summed E-state index contributed by atoms with van der Waals surface area (Å²) >= 11 is 7.51. The number of hydrogen-bond acceptors (Lipinski definition) is 4. The van der Waals surface area contributed by atoms with Crippen molar-refractivity contribution in [2.45, 2.75) is 52.9 Å². The summed E-state index contributed by atoms with van der Waals surface area (Å²) in [5.74, 6) is 1.05. The number of hydrogen-bond donors (Lipinski definition) is 2. The second-order valence-electron chi connectivity index (χ2n) is 9.06. The number of carbonyl (C=O) groups is 1. The molecule has 0 saturated heterocycles. The van der Waals surface area contributed by atoms with Gasteiger partial charge in [-0.05, 0) is 60.4 Å². The zero-order chi connectivity index (χ0) is 21.5. The highest BCUT2D eigenvalue weighted by molar-refractivity contribution is 7.18. The second-order valence-corrected chi connectivity index (χ2v) is 10.6. The van der Waals surface area contributed by atoms with Gasteiger partial charge in [0, 0.05) is 28.4 Å². The number of nitrogens with zero attached hydrogens (tertiary/aromatic N) is 1. The zero-order valence-corrected chi connectivity index (χ0v) is 19.0. The first-order valence-corrected chi connectivity index (χ1v) is 11.5. The Hall–Kier alpha value is -2.18. The van der Waals surface area contributed by atoms with E-state index in [2.05, 4.69) is 36.1 Å². The van der Waals surface area contributed by atoms with E-state index in [0.717, 1.165) is 29.5 Å². The molecule has 1 amide bonds. The molecule has 1 atom stereocenters. The van der Waals surface area contributed by atoms with Crippen molar-refractivity contribution in [3.8, 4) is 0 Å². The maximum atomic E-state index is 12.8.